The molecule has 1 N–H and O–H groups in total. The van der Waals surface area contributed by atoms with Crippen LogP contribution < -0.4 is 5.32 Å². The standard InChI is InChI=1S/C9H16N4/c1-7(2)13-6-11-12-9(13)3-8-4-10-5-8/h6-8,10H,3-5H2,1-2H3. The normalized spacial score (nSPS) is 17.8. The van der Waals surface area contributed by atoms with Crippen molar-refractivity contribution in [2.24, 2.45) is 5.92 Å². The van der Waals surface area contributed by atoms with Crippen LogP contribution >= 0.6 is 0 Å². The van der Waals surface area contributed by atoms with Crippen LogP contribution in [-0.4, -0.2) is 27.9 Å². The van der Waals surface area contributed by atoms with Gasteiger partial charge in [0, 0.05) is 12.5 Å². The maximum atomic E-state index is 4.14. The van der Waals surface area contributed by atoms with E-state index in [-0.39, 0.29) is 0 Å². The minimum atomic E-state index is 0.470. The molecule has 1 aromatic rings. The van der Waals surface area contributed by atoms with Crippen LogP contribution in [0.25, 0.3) is 0 Å². The van der Waals surface area contributed by atoms with E-state index < -0.39 is 0 Å². The van der Waals surface area contributed by atoms with E-state index in [1.165, 1.54) is 0 Å². The lowest BCUT2D eigenvalue weighted by molar-refractivity contribution is 0.334. The molecule has 4 nitrogen and oxygen atoms in total. The van der Waals surface area contributed by atoms with Gasteiger partial charge in [0.15, 0.2) is 0 Å². The van der Waals surface area contributed by atoms with Gasteiger partial charge < -0.3 is 9.88 Å². The summed E-state index contributed by atoms with van der Waals surface area (Å²) in [6.45, 7) is 6.58. The van der Waals surface area contributed by atoms with E-state index in [4.69, 9.17) is 0 Å². The zero-order chi connectivity index (χ0) is 9.26. The van der Waals surface area contributed by atoms with Crippen molar-refractivity contribution in [1.29, 1.82) is 0 Å². The predicted molar refractivity (Wildman–Crippen MR) is 50.5 cm³/mol. The summed E-state index contributed by atoms with van der Waals surface area (Å²) in [6.07, 6.45) is 2.89. The average molecular weight is 180 g/mol. The highest BCUT2D eigenvalue weighted by molar-refractivity contribution is 4.93. The SMILES string of the molecule is CC(C)n1cnnc1CC1CNC1. The molecular formula is C9H16N4. The van der Waals surface area contributed by atoms with Crippen LogP contribution in [-0.2, 0) is 6.42 Å². The van der Waals surface area contributed by atoms with Crippen molar-refractivity contribution < 1.29 is 0 Å². The Hall–Kier alpha value is -0.900. The fourth-order valence-corrected chi connectivity index (χ4v) is 1.59. The molecule has 0 amide bonds. The first-order valence-corrected chi connectivity index (χ1v) is 4.86. The van der Waals surface area contributed by atoms with Gasteiger partial charge in [0.25, 0.3) is 0 Å². The van der Waals surface area contributed by atoms with Gasteiger partial charge in [0.1, 0.15) is 12.2 Å². The van der Waals surface area contributed by atoms with Crippen LogP contribution in [0, 0.1) is 5.92 Å². The van der Waals surface area contributed by atoms with Gasteiger partial charge in [0.05, 0.1) is 0 Å². The van der Waals surface area contributed by atoms with Gasteiger partial charge in [-0.3, -0.25) is 0 Å². The van der Waals surface area contributed by atoms with Crippen molar-refractivity contribution in [3.8, 4) is 0 Å². The molecule has 13 heavy (non-hydrogen) atoms. The molecule has 0 radical (unpaired) electrons. The number of aromatic nitrogens is 3. The quantitative estimate of drug-likeness (QED) is 0.741. The third kappa shape index (κ3) is 1.72. The molecule has 2 rings (SSSR count). The van der Waals surface area contributed by atoms with E-state index in [1.54, 1.807) is 0 Å². The first-order valence-electron chi connectivity index (χ1n) is 4.86. The molecule has 72 valence electrons. The number of rotatable bonds is 3. The molecule has 1 aliphatic heterocycles. The molecular weight excluding hydrogens is 164 g/mol. The lowest BCUT2D eigenvalue weighted by Crippen LogP contribution is -2.43. The van der Waals surface area contributed by atoms with E-state index in [0.717, 1.165) is 31.3 Å². The van der Waals surface area contributed by atoms with Gasteiger partial charge >= 0.3 is 0 Å². The molecule has 2 heterocycles. The summed E-state index contributed by atoms with van der Waals surface area (Å²) in [6, 6.07) is 0.470. The Morgan fingerprint density at radius 1 is 1.62 bits per heavy atom. The van der Waals surface area contributed by atoms with Crippen LogP contribution in [0.2, 0.25) is 0 Å². The molecule has 0 spiro atoms. The molecule has 1 fully saturated rings. The van der Waals surface area contributed by atoms with Crippen molar-refractivity contribution in [1.82, 2.24) is 20.1 Å². The Bertz CT molecular complexity index is 275. The lowest BCUT2D eigenvalue weighted by atomic mass is 9.99. The number of nitrogens with one attached hydrogen (secondary N) is 1. The molecule has 1 aromatic heterocycles. The van der Waals surface area contributed by atoms with Crippen molar-refractivity contribution in [3.05, 3.63) is 12.2 Å². The Morgan fingerprint density at radius 2 is 2.38 bits per heavy atom. The maximum absolute atomic E-state index is 4.14. The highest BCUT2D eigenvalue weighted by atomic mass is 15.3. The van der Waals surface area contributed by atoms with Crippen LogP contribution in [0.5, 0.6) is 0 Å². The van der Waals surface area contributed by atoms with Gasteiger partial charge in [-0.05, 0) is 32.9 Å². The third-order valence-electron chi connectivity index (χ3n) is 2.54. The number of hydrogen-bond donors (Lipinski definition) is 1. The summed E-state index contributed by atoms with van der Waals surface area (Å²) in [4.78, 5) is 0. The van der Waals surface area contributed by atoms with E-state index in [1.807, 2.05) is 6.33 Å². The molecule has 0 unspecified atom stereocenters. The summed E-state index contributed by atoms with van der Waals surface area (Å²) >= 11 is 0. The summed E-state index contributed by atoms with van der Waals surface area (Å²) in [5.41, 5.74) is 0. The Kier molecular flexibility index (Phi) is 2.31. The molecule has 1 aliphatic rings. The Balaban J connectivity index is 2.05. The maximum Gasteiger partial charge on any atom is 0.133 e. The van der Waals surface area contributed by atoms with E-state index in [2.05, 4.69) is 33.9 Å². The van der Waals surface area contributed by atoms with Crippen LogP contribution in [0.15, 0.2) is 6.33 Å². The molecule has 0 bridgehead atoms. The highest BCUT2D eigenvalue weighted by Crippen LogP contribution is 2.13. The second kappa shape index (κ2) is 3.46. The third-order valence-corrected chi connectivity index (χ3v) is 2.54. The van der Waals surface area contributed by atoms with Crippen molar-refractivity contribution >= 4 is 0 Å². The monoisotopic (exact) mass is 180 g/mol. The molecule has 0 saturated carbocycles. The minimum absolute atomic E-state index is 0.470. The second-order valence-electron chi connectivity index (χ2n) is 3.98. The summed E-state index contributed by atoms with van der Waals surface area (Å²) in [5.74, 6) is 1.89. The van der Waals surface area contributed by atoms with Gasteiger partial charge in [-0.25, -0.2) is 0 Å². The molecule has 1 saturated heterocycles. The first kappa shape index (κ1) is 8.69. The fraction of sp³-hybridized carbons (Fsp3) is 0.778. The highest BCUT2D eigenvalue weighted by Gasteiger charge is 2.20. The lowest BCUT2D eigenvalue weighted by Gasteiger charge is -2.26. The molecule has 0 aromatic carbocycles. The molecule has 0 atom stereocenters. The number of nitrogens with zero attached hydrogens (tertiary/aromatic N) is 3. The number of hydrogen-bond acceptors (Lipinski definition) is 3. The zero-order valence-electron chi connectivity index (χ0n) is 8.20. The van der Waals surface area contributed by atoms with Crippen molar-refractivity contribution in [2.75, 3.05) is 13.1 Å². The Labute approximate surface area is 78.4 Å². The molecule has 0 aliphatic carbocycles. The van der Waals surface area contributed by atoms with E-state index >= 15 is 0 Å². The van der Waals surface area contributed by atoms with Crippen LogP contribution in [0.1, 0.15) is 25.7 Å². The summed E-state index contributed by atoms with van der Waals surface area (Å²) in [7, 11) is 0. The summed E-state index contributed by atoms with van der Waals surface area (Å²) < 4.78 is 2.15. The van der Waals surface area contributed by atoms with E-state index in [9.17, 15) is 0 Å². The topological polar surface area (TPSA) is 42.7 Å². The van der Waals surface area contributed by atoms with Gasteiger partial charge in [0.2, 0.25) is 0 Å². The first-order chi connectivity index (χ1) is 6.27. The smallest absolute Gasteiger partial charge is 0.133 e. The van der Waals surface area contributed by atoms with E-state index in [0.29, 0.717) is 6.04 Å². The van der Waals surface area contributed by atoms with Gasteiger partial charge in [-0.15, -0.1) is 10.2 Å². The second-order valence-corrected chi connectivity index (χ2v) is 3.98. The Morgan fingerprint density at radius 3 is 2.92 bits per heavy atom. The average Bonchev–Trinajstić information content (AvgIpc) is 2.44. The predicted octanol–water partition coefficient (Wildman–Crippen LogP) is 0.621. The largest absolute Gasteiger partial charge is 0.316 e. The molecule has 4 heteroatoms. The minimum Gasteiger partial charge on any atom is -0.316 e. The van der Waals surface area contributed by atoms with Crippen LogP contribution in [0.3, 0.4) is 0 Å². The zero-order valence-corrected chi connectivity index (χ0v) is 8.20. The fourth-order valence-electron chi connectivity index (χ4n) is 1.59. The van der Waals surface area contributed by atoms with Gasteiger partial charge in [-0.2, -0.15) is 0 Å². The van der Waals surface area contributed by atoms with Gasteiger partial charge in [-0.1, -0.05) is 0 Å². The van der Waals surface area contributed by atoms with Crippen molar-refractivity contribution in [3.63, 3.8) is 0 Å². The summed E-state index contributed by atoms with van der Waals surface area (Å²) in [5, 5.41) is 11.4. The van der Waals surface area contributed by atoms with Crippen LogP contribution in [0.4, 0.5) is 0 Å². The van der Waals surface area contributed by atoms with Crippen molar-refractivity contribution in [2.45, 2.75) is 26.3 Å².